The molecular weight excluding hydrogens is 535 g/mol. The van der Waals surface area contributed by atoms with Crippen LogP contribution in [0.15, 0.2) is 81.1 Å². The third-order valence-corrected chi connectivity index (χ3v) is 6.70. The summed E-state index contributed by atoms with van der Waals surface area (Å²) < 4.78 is 19.7. The zero-order valence-electron chi connectivity index (χ0n) is 18.6. The molecule has 1 aliphatic heterocycles. The van der Waals surface area contributed by atoms with Crippen LogP contribution in [0.2, 0.25) is 0 Å². The first-order valence-corrected chi connectivity index (χ1v) is 12.2. The SMILES string of the molecule is CCN1C(=O)/C(=C\c2ccc(OCc3cccc(C(=O)O)c3)c(Br)c2)SC1=Nc1ccc(F)cc1. The highest BCUT2D eigenvalue weighted by molar-refractivity contribution is 9.10. The van der Waals surface area contributed by atoms with Gasteiger partial charge < -0.3 is 9.84 Å². The van der Waals surface area contributed by atoms with Gasteiger partial charge in [-0.05, 0) is 100 Å². The van der Waals surface area contributed by atoms with Crippen molar-refractivity contribution >= 4 is 56.5 Å². The van der Waals surface area contributed by atoms with Gasteiger partial charge in [-0.25, -0.2) is 14.2 Å². The molecule has 0 unspecified atom stereocenters. The smallest absolute Gasteiger partial charge is 0.335 e. The van der Waals surface area contributed by atoms with Gasteiger partial charge in [0.1, 0.15) is 18.2 Å². The number of aliphatic imine (C=N–C) groups is 1. The summed E-state index contributed by atoms with van der Waals surface area (Å²) in [5.74, 6) is -0.888. The van der Waals surface area contributed by atoms with E-state index in [4.69, 9.17) is 9.84 Å². The molecule has 35 heavy (non-hydrogen) atoms. The number of carbonyl (C=O) groups is 2. The van der Waals surface area contributed by atoms with Crippen LogP contribution in [0.1, 0.15) is 28.4 Å². The largest absolute Gasteiger partial charge is 0.488 e. The Kier molecular flexibility index (Phi) is 7.67. The third-order valence-electron chi connectivity index (χ3n) is 5.08. The van der Waals surface area contributed by atoms with Crippen molar-refractivity contribution in [3.8, 4) is 5.75 Å². The molecule has 178 valence electrons. The average Bonchev–Trinajstić information content (AvgIpc) is 3.13. The van der Waals surface area contributed by atoms with E-state index in [2.05, 4.69) is 20.9 Å². The zero-order chi connectivity index (χ0) is 24.9. The topological polar surface area (TPSA) is 79.2 Å². The molecule has 0 spiro atoms. The van der Waals surface area contributed by atoms with Crippen LogP contribution in [0.5, 0.6) is 5.75 Å². The van der Waals surface area contributed by atoms with Gasteiger partial charge in [0.2, 0.25) is 0 Å². The Bertz CT molecular complexity index is 1340. The summed E-state index contributed by atoms with van der Waals surface area (Å²) in [7, 11) is 0. The Morgan fingerprint density at radius 3 is 2.63 bits per heavy atom. The molecule has 0 bridgehead atoms. The molecule has 0 saturated carbocycles. The standard InChI is InChI=1S/C26H20BrFN2O4S/c1-2-30-24(31)23(35-26(30)29-20-9-7-19(28)8-10-20)14-16-6-11-22(21(27)13-16)34-15-17-4-3-5-18(12-17)25(32)33/h3-14H,2,15H2,1H3,(H,32,33)/b23-14+,29-26?. The summed E-state index contributed by atoms with van der Waals surface area (Å²) >= 11 is 4.77. The van der Waals surface area contributed by atoms with Gasteiger partial charge in [-0.2, -0.15) is 0 Å². The molecule has 9 heteroatoms. The van der Waals surface area contributed by atoms with Crippen LogP contribution >= 0.6 is 27.7 Å². The number of amides is 1. The molecule has 3 aromatic carbocycles. The number of rotatable bonds is 7. The first kappa shape index (κ1) is 24.7. The second-order valence-corrected chi connectivity index (χ2v) is 9.38. The van der Waals surface area contributed by atoms with Crippen molar-refractivity contribution in [2.75, 3.05) is 6.54 Å². The fraction of sp³-hybridized carbons (Fsp3) is 0.115. The molecule has 1 heterocycles. The fourth-order valence-electron chi connectivity index (χ4n) is 3.33. The molecule has 4 rings (SSSR count). The van der Waals surface area contributed by atoms with Crippen molar-refractivity contribution in [3.05, 3.63) is 98.6 Å². The minimum Gasteiger partial charge on any atom is -0.488 e. The molecule has 1 fully saturated rings. The average molecular weight is 555 g/mol. The van der Waals surface area contributed by atoms with E-state index in [1.165, 1.54) is 30.0 Å². The summed E-state index contributed by atoms with van der Waals surface area (Å²) in [6, 6.07) is 17.8. The van der Waals surface area contributed by atoms with Gasteiger partial charge in [0.05, 0.1) is 20.6 Å². The van der Waals surface area contributed by atoms with Crippen LogP contribution in [-0.4, -0.2) is 33.6 Å². The van der Waals surface area contributed by atoms with Gasteiger partial charge in [-0.1, -0.05) is 18.2 Å². The van der Waals surface area contributed by atoms with Crippen molar-refractivity contribution in [2.45, 2.75) is 13.5 Å². The molecule has 1 saturated heterocycles. The van der Waals surface area contributed by atoms with Crippen molar-refractivity contribution in [2.24, 2.45) is 4.99 Å². The molecule has 1 amide bonds. The van der Waals surface area contributed by atoms with Crippen molar-refractivity contribution in [3.63, 3.8) is 0 Å². The number of amidine groups is 1. The molecule has 0 radical (unpaired) electrons. The third kappa shape index (κ3) is 5.98. The lowest BCUT2D eigenvalue weighted by atomic mass is 10.1. The molecular formula is C26H20BrFN2O4S. The van der Waals surface area contributed by atoms with Crippen LogP contribution in [0.3, 0.4) is 0 Å². The zero-order valence-corrected chi connectivity index (χ0v) is 21.0. The number of aromatic carboxylic acids is 1. The number of hydrogen-bond acceptors (Lipinski definition) is 5. The normalized spacial score (nSPS) is 15.7. The monoisotopic (exact) mass is 554 g/mol. The first-order chi connectivity index (χ1) is 16.8. The molecule has 3 aromatic rings. The Morgan fingerprint density at radius 2 is 1.94 bits per heavy atom. The molecule has 6 nitrogen and oxygen atoms in total. The van der Waals surface area contributed by atoms with E-state index in [9.17, 15) is 14.0 Å². The van der Waals surface area contributed by atoms with E-state index >= 15 is 0 Å². The van der Waals surface area contributed by atoms with Crippen molar-refractivity contribution < 1.29 is 23.8 Å². The molecule has 0 atom stereocenters. The van der Waals surface area contributed by atoms with Gasteiger partial charge in [-0.15, -0.1) is 0 Å². The van der Waals surface area contributed by atoms with Crippen molar-refractivity contribution in [1.82, 2.24) is 4.90 Å². The molecule has 1 N–H and O–H groups in total. The van der Waals surface area contributed by atoms with Crippen molar-refractivity contribution in [1.29, 1.82) is 0 Å². The quantitative estimate of drug-likeness (QED) is 0.337. The number of carboxylic acids is 1. The van der Waals surface area contributed by atoms with E-state index in [-0.39, 0.29) is 23.9 Å². The van der Waals surface area contributed by atoms with Crippen LogP contribution in [-0.2, 0) is 11.4 Å². The lowest BCUT2D eigenvalue weighted by Gasteiger charge is -2.12. The Hall–Kier alpha value is -3.43. The Balaban J connectivity index is 1.50. The van der Waals surface area contributed by atoms with E-state index in [1.807, 2.05) is 19.1 Å². The maximum atomic E-state index is 13.2. The molecule has 1 aliphatic rings. The van der Waals surface area contributed by atoms with Crippen LogP contribution in [0.25, 0.3) is 6.08 Å². The lowest BCUT2D eigenvalue weighted by molar-refractivity contribution is -0.122. The minimum absolute atomic E-state index is 0.145. The number of nitrogens with zero attached hydrogens (tertiary/aromatic N) is 2. The maximum absolute atomic E-state index is 13.2. The predicted molar refractivity (Wildman–Crippen MR) is 138 cm³/mol. The molecule has 0 aliphatic carbocycles. The second kappa shape index (κ2) is 10.9. The number of carboxylic acid groups (broad SMARTS) is 1. The minimum atomic E-state index is -0.989. The first-order valence-electron chi connectivity index (χ1n) is 10.6. The Morgan fingerprint density at radius 1 is 1.17 bits per heavy atom. The summed E-state index contributed by atoms with van der Waals surface area (Å²) in [5, 5.41) is 9.67. The van der Waals surface area contributed by atoms with Gasteiger partial charge in [0.15, 0.2) is 5.17 Å². The van der Waals surface area contributed by atoms with Crippen LogP contribution in [0.4, 0.5) is 10.1 Å². The van der Waals surface area contributed by atoms with Gasteiger partial charge >= 0.3 is 5.97 Å². The highest BCUT2D eigenvalue weighted by Gasteiger charge is 2.32. The lowest BCUT2D eigenvalue weighted by Crippen LogP contribution is -2.28. The highest BCUT2D eigenvalue weighted by Crippen LogP contribution is 2.35. The van der Waals surface area contributed by atoms with Crippen LogP contribution < -0.4 is 4.74 Å². The summed E-state index contributed by atoms with van der Waals surface area (Å²) in [6.07, 6.45) is 1.79. The summed E-state index contributed by atoms with van der Waals surface area (Å²) in [5.41, 5.74) is 2.31. The van der Waals surface area contributed by atoms with Gasteiger partial charge in [0.25, 0.3) is 5.91 Å². The van der Waals surface area contributed by atoms with E-state index in [0.717, 1.165) is 11.1 Å². The number of likely N-dealkylation sites (N-methyl/N-ethyl adjacent to an activating group) is 1. The van der Waals surface area contributed by atoms with E-state index in [1.54, 1.807) is 47.4 Å². The van der Waals surface area contributed by atoms with E-state index < -0.39 is 5.97 Å². The number of halogens is 2. The highest BCUT2D eigenvalue weighted by atomic mass is 79.9. The maximum Gasteiger partial charge on any atom is 0.335 e. The Labute approximate surface area is 214 Å². The van der Waals surface area contributed by atoms with Crippen LogP contribution in [0, 0.1) is 5.82 Å². The molecule has 0 aromatic heterocycles. The van der Waals surface area contributed by atoms with E-state index in [0.29, 0.717) is 32.5 Å². The number of ether oxygens (including phenoxy) is 1. The second-order valence-electron chi connectivity index (χ2n) is 7.51. The number of benzene rings is 3. The number of carbonyl (C=O) groups excluding carboxylic acids is 1. The summed E-state index contributed by atoms with van der Waals surface area (Å²) in [4.78, 5) is 30.7. The predicted octanol–water partition coefficient (Wildman–Crippen LogP) is 6.49. The number of thioether (sulfide) groups is 1. The van der Waals surface area contributed by atoms with Gasteiger partial charge in [0, 0.05) is 6.54 Å². The summed E-state index contributed by atoms with van der Waals surface area (Å²) in [6.45, 7) is 2.54. The van der Waals surface area contributed by atoms with Gasteiger partial charge in [-0.3, -0.25) is 9.69 Å². The fourth-order valence-corrected chi connectivity index (χ4v) is 4.90. The number of hydrogen-bond donors (Lipinski definition) is 1.